The number of halogens is 1. The van der Waals surface area contributed by atoms with Gasteiger partial charge < -0.3 is 10.1 Å². The van der Waals surface area contributed by atoms with Gasteiger partial charge in [0.05, 0.1) is 12.0 Å². The predicted octanol–water partition coefficient (Wildman–Crippen LogP) is 4.36. The fourth-order valence-corrected chi connectivity index (χ4v) is 5.62. The van der Waals surface area contributed by atoms with Crippen molar-refractivity contribution in [2.45, 2.75) is 17.4 Å². The number of carbonyl (C=O) groups excluding carboxylic acids is 2. The molecular formula is C25H21FN2O5S2. The highest BCUT2D eigenvalue weighted by molar-refractivity contribution is 7.89. The molecule has 2 N–H and O–H groups in total. The molecule has 180 valence electrons. The summed E-state index contributed by atoms with van der Waals surface area (Å²) >= 11 is 1.27. The van der Waals surface area contributed by atoms with Crippen LogP contribution in [0, 0.1) is 5.82 Å². The topological polar surface area (TPSA) is 102 Å². The molecular weight excluding hydrogens is 491 g/mol. The van der Waals surface area contributed by atoms with Gasteiger partial charge in [0.2, 0.25) is 15.9 Å². The van der Waals surface area contributed by atoms with E-state index in [1.54, 1.807) is 48.5 Å². The molecule has 1 unspecified atom stereocenters. The van der Waals surface area contributed by atoms with E-state index in [0.717, 1.165) is 39.9 Å². The van der Waals surface area contributed by atoms with Gasteiger partial charge in [-0.3, -0.25) is 4.79 Å². The van der Waals surface area contributed by atoms with Gasteiger partial charge in [-0.15, -0.1) is 11.3 Å². The first-order valence-corrected chi connectivity index (χ1v) is 12.8. The number of carbonyl (C=O) groups is 2. The number of nitrogens with one attached hydrogen (secondary N) is 2. The molecule has 3 aromatic carbocycles. The average Bonchev–Trinajstić information content (AvgIpc) is 3.27. The molecule has 0 aliphatic heterocycles. The monoisotopic (exact) mass is 512 g/mol. The molecule has 35 heavy (non-hydrogen) atoms. The van der Waals surface area contributed by atoms with Gasteiger partial charge >= 0.3 is 5.97 Å². The molecule has 1 aromatic heterocycles. The van der Waals surface area contributed by atoms with E-state index in [4.69, 9.17) is 4.74 Å². The first kappa shape index (κ1) is 24.5. The lowest BCUT2D eigenvalue weighted by atomic mass is 10.1. The van der Waals surface area contributed by atoms with Crippen LogP contribution in [0.25, 0.3) is 10.1 Å². The number of anilines is 1. The van der Waals surface area contributed by atoms with E-state index in [1.165, 1.54) is 18.4 Å². The Morgan fingerprint density at radius 3 is 2.40 bits per heavy atom. The van der Waals surface area contributed by atoms with Crippen molar-refractivity contribution in [3.63, 3.8) is 0 Å². The Morgan fingerprint density at radius 1 is 1.00 bits per heavy atom. The van der Waals surface area contributed by atoms with Gasteiger partial charge in [-0.1, -0.05) is 30.3 Å². The summed E-state index contributed by atoms with van der Waals surface area (Å²) < 4.78 is 47.1. The minimum atomic E-state index is -4.10. The molecule has 1 amide bonds. The molecule has 0 saturated heterocycles. The summed E-state index contributed by atoms with van der Waals surface area (Å²) in [6.45, 7) is 0. The fraction of sp³-hybridized carbons (Fsp3) is 0.120. The van der Waals surface area contributed by atoms with Crippen molar-refractivity contribution in [3.8, 4) is 0 Å². The molecule has 4 aromatic rings. The zero-order chi connectivity index (χ0) is 25.0. The number of hydrogen-bond acceptors (Lipinski definition) is 6. The highest BCUT2D eigenvalue weighted by Crippen LogP contribution is 2.28. The summed E-state index contributed by atoms with van der Waals surface area (Å²) in [4.78, 5) is 25.3. The Labute approximate surface area is 205 Å². The van der Waals surface area contributed by atoms with Crippen molar-refractivity contribution in [2.24, 2.45) is 0 Å². The smallest absolute Gasteiger partial charge is 0.348 e. The Bertz CT molecular complexity index is 1470. The second kappa shape index (κ2) is 10.3. The number of ether oxygens (including phenoxy) is 1. The molecule has 4 rings (SSSR count). The second-order valence-electron chi connectivity index (χ2n) is 7.66. The largest absolute Gasteiger partial charge is 0.465 e. The van der Waals surface area contributed by atoms with Gasteiger partial charge in [-0.2, -0.15) is 4.72 Å². The standard InChI is InChI=1S/C25H21FN2O5S2/c1-33-25(30)23-15-17-14-19(9-12-22(17)34-23)27-24(29)21(13-16-5-3-2-4-6-16)28-35(31,32)20-10-7-18(26)8-11-20/h2-12,14-15,21,28H,13H2,1H3,(H,27,29). The number of amides is 1. The van der Waals surface area contributed by atoms with Crippen LogP contribution >= 0.6 is 11.3 Å². The van der Waals surface area contributed by atoms with Crippen molar-refractivity contribution < 1.29 is 27.1 Å². The summed E-state index contributed by atoms with van der Waals surface area (Å²) in [5, 5.41) is 3.49. The predicted molar refractivity (Wildman–Crippen MR) is 132 cm³/mol. The minimum absolute atomic E-state index is 0.0975. The van der Waals surface area contributed by atoms with E-state index in [1.807, 2.05) is 6.07 Å². The lowest BCUT2D eigenvalue weighted by Crippen LogP contribution is -2.45. The summed E-state index contributed by atoms with van der Waals surface area (Å²) in [6, 6.07) is 19.0. The van der Waals surface area contributed by atoms with Gasteiger partial charge in [0, 0.05) is 10.4 Å². The van der Waals surface area contributed by atoms with Gasteiger partial charge in [0.15, 0.2) is 0 Å². The number of fused-ring (bicyclic) bond motifs is 1. The zero-order valence-electron chi connectivity index (χ0n) is 18.5. The number of rotatable bonds is 8. The highest BCUT2D eigenvalue weighted by atomic mass is 32.2. The van der Waals surface area contributed by atoms with Crippen LogP contribution in [-0.2, 0) is 26.0 Å². The first-order chi connectivity index (χ1) is 16.7. The van der Waals surface area contributed by atoms with Crippen molar-refractivity contribution in [3.05, 3.63) is 95.1 Å². The van der Waals surface area contributed by atoms with Crippen LogP contribution in [0.3, 0.4) is 0 Å². The second-order valence-corrected chi connectivity index (χ2v) is 10.5. The number of methoxy groups -OCH3 is 1. The average molecular weight is 513 g/mol. The van der Waals surface area contributed by atoms with Gasteiger partial charge in [-0.05, 0) is 65.9 Å². The van der Waals surface area contributed by atoms with E-state index in [9.17, 15) is 22.4 Å². The van der Waals surface area contributed by atoms with Crippen LogP contribution in [0.4, 0.5) is 10.1 Å². The number of benzene rings is 3. The fourth-order valence-electron chi connectivity index (χ4n) is 3.46. The summed E-state index contributed by atoms with van der Waals surface area (Å²) in [5.41, 5.74) is 1.20. The van der Waals surface area contributed by atoms with Gasteiger partial charge in [0.25, 0.3) is 0 Å². The molecule has 0 fully saturated rings. The molecule has 1 atom stereocenters. The Hall–Kier alpha value is -3.60. The molecule has 7 nitrogen and oxygen atoms in total. The maximum Gasteiger partial charge on any atom is 0.348 e. The summed E-state index contributed by atoms with van der Waals surface area (Å²) in [5.74, 6) is -1.58. The van der Waals surface area contributed by atoms with Gasteiger partial charge in [-0.25, -0.2) is 17.6 Å². The highest BCUT2D eigenvalue weighted by Gasteiger charge is 2.26. The molecule has 10 heteroatoms. The van der Waals surface area contributed by atoms with Crippen molar-refractivity contribution in [1.82, 2.24) is 4.72 Å². The van der Waals surface area contributed by atoms with Crippen LogP contribution in [-0.4, -0.2) is 33.4 Å². The molecule has 0 spiro atoms. The summed E-state index contributed by atoms with van der Waals surface area (Å²) in [7, 11) is -2.80. The Kier molecular flexibility index (Phi) is 7.25. The van der Waals surface area contributed by atoms with E-state index in [0.29, 0.717) is 10.6 Å². The number of sulfonamides is 1. The van der Waals surface area contributed by atoms with E-state index >= 15 is 0 Å². The minimum Gasteiger partial charge on any atom is -0.465 e. The van der Waals surface area contributed by atoms with Crippen LogP contribution in [0.15, 0.2) is 83.8 Å². The van der Waals surface area contributed by atoms with Crippen LogP contribution in [0.2, 0.25) is 0 Å². The third-order valence-electron chi connectivity index (χ3n) is 5.19. The number of hydrogen-bond donors (Lipinski definition) is 2. The van der Waals surface area contributed by atoms with Gasteiger partial charge in [0.1, 0.15) is 16.7 Å². The molecule has 0 bridgehead atoms. The van der Waals surface area contributed by atoms with E-state index in [-0.39, 0.29) is 11.3 Å². The maximum atomic E-state index is 13.3. The molecule has 1 heterocycles. The van der Waals surface area contributed by atoms with Crippen molar-refractivity contribution in [1.29, 1.82) is 0 Å². The lowest BCUT2D eigenvalue weighted by Gasteiger charge is -2.19. The maximum absolute atomic E-state index is 13.3. The van der Waals surface area contributed by atoms with Crippen LogP contribution < -0.4 is 10.0 Å². The van der Waals surface area contributed by atoms with Crippen molar-refractivity contribution in [2.75, 3.05) is 12.4 Å². The van der Waals surface area contributed by atoms with Crippen LogP contribution in [0.1, 0.15) is 15.2 Å². The molecule has 0 aliphatic carbocycles. The molecule has 0 radical (unpaired) electrons. The third-order valence-corrected chi connectivity index (χ3v) is 7.77. The lowest BCUT2D eigenvalue weighted by molar-refractivity contribution is -0.117. The SMILES string of the molecule is COC(=O)c1cc2cc(NC(=O)C(Cc3ccccc3)NS(=O)(=O)c3ccc(F)cc3)ccc2s1. The molecule has 0 aliphatic rings. The van der Waals surface area contributed by atoms with Crippen molar-refractivity contribution >= 4 is 49.0 Å². The quantitative estimate of drug-likeness (QED) is 0.342. The number of thiophene rings is 1. The van der Waals surface area contributed by atoms with Crippen LogP contribution in [0.5, 0.6) is 0 Å². The third kappa shape index (κ3) is 5.91. The summed E-state index contributed by atoms with van der Waals surface area (Å²) in [6.07, 6.45) is 0.0975. The zero-order valence-corrected chi connectivity index (χ0v) is 20.2. The first-order valence-electron chi connectivity index (χ1n) is 10.5. The molecule has 0 saturated carbocycles. The normalized spacial score (nSPS) is 12.3. The number of esters is 1. The Morgan fingerprint density at radius 2 is 1.71 bits per heavy atom. The van der Waals surface area contributed by atoms with E-state index in [2.05, 4.69) is 10.0 Å². The van der Waals surface area contributed by atoms with E-state index < -0.39 is 33.8 Å². The Balaban J connectivity index is 1.59.